The Bertz CT molecular complexity index is 1290. The Balaban J connectivity index is 1.77. The number of nitriles is 1. The average molecular weight is 499 g/mol. The third-order valence-corrected chi connectivity index (χ3v) is 7.69. The van der Waals surface area contributed by atoms with Crippen molar-refractivity contribution in [2.75, 3.05) is 6.54 Å². The van der Waals surface area contributed by atoms with Gasteiger partial charge in [-0.2, -0.15) is 5.26 Å². The van der Waals surface area contributed by atoms with Gasteiger partial charge < -0.3 is 5.11 Å². The van der Waals surface area contributed by atoms with E-state index in [0.717, 1.165) is 11.8 Å². The summed E-state index contributed by atoms with van der Waals surface area (Å²) < 4.78 is 25.7. The van der Waals surface area contributed by atoms with Crippen LogP contribution in [0.5, 0.6) is 0 Å². The van der Waals surface area contributed by atoms with Gasteiger partial charge in [0.2, 0.25) is 9.84 Å². The van der Waals surface area contributed by atoms with E-state index in [1.165, 1.54) is 23.1 Å². The summed E-state index contributed by atoms with van der Waals surface area (Å²) >= 11 is 6.37. The molecule has 1 aliphatic rings. The molecule has 0 aromatic heterocycles. The molecule has 0 bridgehead atoms. The first-order valence-electron chi connectivity index (χ1n) is 9.71. The first-order valence-corrected chi connectivity index (χ1v) is 12.4. The number of aliphatic carboxylic acids is 1. The van der Waals surface area contributed by atoms with E-state index in [0.29, 0.717) is 26.8 Å². The van der Waals surface area contributed by atoms with Gasteiger partial charge in [0.1, 0.15) is 15.3 Å². The van der Waals surface area contributed by atoms with Crippen LogP contribution in [0.2, 0.25) is 0 Å². The monoisotopic (exact) mass is 498 g/mol. The van der Waals surface area contributed by atoms with Crippen molar-refractivity contribution in [1.29, 1.82) is 5.26 Å². The molecule has 0 radical (unpaired) electrons. The lowest BCUT2D eigenvalue weighted by Crippen LogP contribution is -2.29. The molecule has 1 saturated heterocycles. The van der Waals surface area contributed by atoms with Gasteiger partial charge in [0, 0.05) is 13.0 Å². The molecule has 168 valence electrons. The van der Waals surface area contributed by atoms with Gasteiger partial charge >= 0.3 is 5.97 Å². The van der Waals surface area contributed by atoms with E-state index in [4.69, 9.17) is 17.3 Å². The summed E-state index contributed by atoms with van der Waals surface area (Å²) in [5, 5.41) is 18.2. The van der Waals surface area contributed by atoms with Gasteiger partial charge in [-0.1, -0.05) is 66.4 Å². The molecule has 7 nitrogen and oxygen atoms in total. The van der Waals surface area contributed by atoms with Crippen molar-refractivity contribution >= 4 is 62.2 Å². The molecular formula is C23H18N2O5S3. The SMILES string of the molecule is N#C/C(=C\c1ccc(/C=C2/SC(=S)N(CCCC(=O)O)C2=O)cc1)S(=O)(=O)c1ccccc1. The third-order valence-electron chi connectivity index (χ3n) is 4.63. The summed E-state index contributed by atoms with van der Waals surface area (Å²) in [6, 6.07) is 16.2. The first kappa shape index (κ1) is 24.4. The smallest absolute Gasteiger partial charge is 0.303 e. The lowest BCUT2D eigenvalue weighted by molar-refractivity contribution is -0.137. The molecule has 1 aliphatic heterocycles. The number of carboxylic acid groups (broad SMARTS) is 1. The van der Waals surface area contributed by atoms with Gasteiger partial charge in [-0.05, 0) is 41.8 Å². The van der Waals surface area contributed by atoms with Crippen molar-refractivity contribution in [3.8, 4) is 6.07 Å². The summed E-state index contributed by atoms with van der Waals surface area (Å²) in [5.74, 6) is -1.21. The van der Waals surface area contributed by atoms with Crippen LogP contribution in [0.3, 0.4) is 0 Å². The zero-order chi connectivity index (χ0) is 24.0. The zero-order valence-electron chi connectivity index (χ0n) is 17.2. The molecule has 1 amide bonds. The van der Waals surface area contributed by atoms with E-state index in [9.17, 15) is 23.3 Å². The van der Waals surface area contributed by atoms with Crippen LogP contribution in [0.1, 0.15) is 24.0 Å². The fraction of sp³-hybridized carbons (Fsp3) is 0.130. The lowest BCUT2D eigenvalue weighted by atomic mass is 10.1. The van der Waals surface area contributed by atoms with Crippen LogP contribution < -0.4 is 0 Å². The van der Waals surface area contributed by atoms with E-state index in [-0.39, 0.29) is 28.7 Å². The molecule has 10 heteroatoms. The number of hydrogen-bond acceptors (Lipinski definition) is 7. The normalized spacial score (nSPS) is 15.7. The Labute approximate surface area is 200 Å². The Kier molecular flexibility index (Phi) is 7.81. The van der Waals surface area contributed by atoms with Gasteiger partial charge in [0.05, 0.1) is 9.80 Å². The second-order valence-corrected chi connectivity index (χ2v) is 10.5. The van der Waals surface area contributed by atoms with Crippen LogP contribution in [-0.2, 0) is 19.4 Å². The Hall–Kier alpha value is -3.26. The standard InChI is InChI=1S/C23H18N2O5S3/c24-15-19(33(29,30)18-5-2-1-3-6-18)13-16-8-10-17(11-9-16)14-20-22(28)25(23(31)32-20)12-4-7-21(26)27/h1-3,5-6,8-11,13-14H,4,7,12H2,(H,26,27)/b19-13+,20-14+. The summed E-state index contributed by atoms with van der Waals surface area (Å²) in [7, 11) is -3.93. The number of carbonyl (C=O) groups is 2. The Morgan fingerprint density at radius 1 is 1.12 bits per heavy atom. The molecule has 0 atom stereocenters. The first-order chi connectivity index (χ1) is 15.7. The molecule has 2 aromatic carbocycles. The van der Waals surface area contributed by atoms with Crippen molar-refractivity contribution in [2.24, 2.45) is 0 Å². The average Bonchev–Trinajstić information content (AvgIpc) is 3.06. The van der Waals surface area contributed by atoms with Gasteiger partial charge in [-0.3, -0.25) is 14.5 Å². The molecule has 3 rings (SSSR count). The van der Waals surface area contributed by atoms with Crippen molar-refractivity contribution in [2.45, 2.75) is 17.7 Å². The summed E-state index contributed by atoms with van der Waals surface area (Å²) in [6.45, 7) is 0.241. The number of benzene rings is 2. The highest BCUT2D eigenvalue weighted by molar-refractivity contribution is 8.26. The lowest BCUT2D eigenvalue weighted by Gasteiger charge is -2.13. The maximum atomic E-state index is 12.7. The highest BCUT2D eigenvalue weighted by Gasteiger charge is 2.31. The second kappa shape index (κ2) is 10.6. The molecule has 2 aromatic rings. The zero-order valence-corrected chi connectivity index (χ0v) is 19.6. The quantitative estimate of drug-likeness (QED) is 0.329. The molecule has 0 spiro atoms. The molecule has 1 fully saturated rings. The van der Waals surface area contributed by atoms with Crippen molar-refractivity contribution in [3.63, 3.8) is 0 Å². The van der Waals surface area contributed by atoms with Crippen LogP contribution in [0, 0.1) is 11.3 Å². The number of hydrogen-bond donors (Lipinski definition) is 1. The fourth-order valence-corrected chi connectivity index (χ4v) is 5.46. The predicted octanol–water partition coefficient (Wildman–Crippen LogP) is 4.09. The Morgan fingerprint density at radius 2 is 1.76 bits per heavy atom. The van der Waals surface area contributed by atoms with E-state index < -0.39 is 15.8 Å². The minimum absolute atomic E-state index is 0.0415. The maximum Gasteiger partial charge on any atom is 0.303 e. The summed E-state index contributed by atoms with van der Waals surface area (Å²) in [5.41, 5.74) is 1.21. The molecule has 0 aliphatic carbocycles. The number of thioether (sulfide) groups is 1. The van der Waals surface area contributed by atoms with Crippen molar-refractivity contribution in [3.05, 3.63) is 75.5 Å². The number of allylic oxidation sites excluding steroid dienone is 1. The largest absolute Gasteiger partial charge is 0.481 e. The van der Waals surface area contributed by atoms with Gasteiger partial charge in [-0.25, -0.2) is 8.42 Å². The minimum atomic E-state index is -3.93. The van der Waals surface area contributed by atoms with Crippen LogP contribution in [0.15, 0.2) is 69.3 Å². The number of carbonyl (C=O) groups excluding carboxylic acids is 1. The molecule has 0 unspecified atom stereocenters. The highest BCUT2D eigenvalue weighted by Crippen LogP contribution is 2.33. The van der Waals surface area contributed by atoms with Gasteiger partial charge in [0.15, 0.2) is 0 Å². The number of amides is 1. The summed E-state index contributed by atoms with van der Waals surface area (Å²) in [6.07, 6.45) is 3.23. The van der Waals surface area contributed by atoms with Crippen LogP contribution in [0.25, 0.3) is 12.2 Å². The predicted molar refractivity (Wildman–Crippen MR) is 130 cm³/mol. The Morgan fingerprint density at radius 3 is 2.36 bits per heavy atom. The number of thiocarbonyl (C=S) groups is 1. The molecule has 33 heavy (non-hydrogen) atoms. The topological polar surface area (TPSA) is 116 Å². The number of nitrogens with zero attached hydrogens (tertiary/aromatic N) is 2. The molecule has 1 heterocycles. The van der Waals surface area contributed by atoms with Gasteiger partial charge in [-0.15, -0.1) is 0 Å². The number of rotatable bonds is 8. The highest BCUT2D eigenvalue weighted by atomic mass is 32.2. The van der Waals surface area contributed by atoms with Crippen molar-refractivity contribution < 1.29 is 23.1 Å². The minimum Gasteiger partial charge on any atom is -0.481 e. The van der Waals surface area contributed by atoms with Crippen molar-refractivity contribution in [1.82, 2.24) is 4.90 Å². The fourth-order valence-electron chi connectivity index (χ4n) is 2.97. The van der Waals surface area contributed by atoms with E-state index in [1.807, 2.05) is 0 Å². The van der Waals surface area contributed by atoms with E-state index in [2.05, 4.69) is 0 Å². The van der Waals surface area contributed by atoms with Crippen LogP contribution in [-0.4, -0.2) is 41.2 Å². The van der Waals surface area contributed by atoms with E-state index >= 15 is 0 Å². The maximum absolute atomic E-state index is 12.7. The van der Waals surface area contributed by atoms with Crippen LogP contribution in [0.4, 0.5) is 0 Å². The second-order valence-electron chi connectivity index (χ2n) is 6.93. The van der Waals surface area contributed by atoms with E-state index in [1.54, 1.807) is 54.6 Å². The molecule has 1 N–H and O–H groups in total. The summed E-state index contributed by atoms with van der Waals surface area (Å²) in [4.78, 5) is 24.7. The number of carboxylic acids is 1. The molecular weight excluding hydrogens is 480 g/mol. The van der Waals surface area contributed by atoms with Gasteiger partial charge in [0.25, 0.3) is 5.91 Å². The molecule has 0 saturated carbocycles. The number of sulfone groups is 1. The third kappa shape index (κ3) is 5.96. The van der Waals surface area contributed by atoms with Crippen LogP contribution >= 0.6 is 24.0 Å².